The number of hydrogen-bond acceptors (Lipinski definition) is 4. The molecule has 0 fully saturated rings. The molecule has 1 aromatic heterocycles. The molecule has 104 valence electrons. The van der Waals surface area contributed by atoms with Crippen molar-refractivity contribution in [2.45, 2.75) is 32.3 Å². The number of benzene rings is 1. The van der Waals surface area contributed by atoms with Crippen LogP contribution in [0.15, 0.2) is 34.9 Å². The van der Waals surface area contributed by atoms with E-state index in [9.17, 15) is 4.39 Å². The van der Waals surface area contributed by atoms with Crippen molar-refractivity contribution in [3.05, 3.63) is 42.0 Å². The van der Waals surface area contributed by atoms with Crippen molar-refractivity contribution in [1.82, 2.24) is 10.1 Å². The molecule has 0 spiro atoms. The van der Waals surface area contributed by atoms with E-state index >= 15 is 0 Å². The minimum Gasteiger partial charge on any atom is -0.482 e. The van der Waals surface area contributed by atoms with E-state index in [0.717, 1.165) is 12.8 Å². The zero-order valence-corrected chi connectivity index (χ0v) is 11.4. The van der Waals surface area contributed by atoms with Gasteiger partial charge in [-0.1, -0.05) is 5.16 Å². The van der Waals surface area contributed by atoms with Crippen LogP contribution in [0.3, 0.4) is 0 Å². The molecule has 5 heteroatoms. The van der Waals surface area contributed by atoms with Crippen molar-refractivity contribution in [2.75, 3.05) is 0 Å². The fourth-order valence-electron chi connectivity index (χ4n) is 2.11. The molecule has 0 saturated heterocycles. The molecule has 2 heterocycles. The summed E-state index contributed by atoms with van der Waals surface area (Å²) in [5.74, 6) is 1.10. The Bertz CT molecular complexity index is 644. The van der Waals surface area contributed by atoms with E-state index in [-0.39, 0.29) is 11.4 Å². The molecule has 0 atom stereocenters. The molecule has 2 aromatic rings. The monoisotopic (exact) mass is 274 g/mol. The molecule has 1 aromatic carbocycles. The average Bonchev–Trinajstić information content (AvgIpc) is 2.88. The van der Waals surface area contributed by atoms with Crippen LogP contribution in [-0.2, 0) is 4.74 Å². The van der Waals surface area contributed by atoms with Crippen LogP contribution in [0.5, 0.6) is 0 Å². The lowest BCUT2D eigenvalue weighted by atomic mass is 9.99. The smallest absolute Gasteiger partial charge is 0.292 e. The summed E-state index contributed by atoms with van der Waals surface area (Å²) in [6, 6.07) is 5.96. The number of rotatable bonds is 2. The SMILES string of the molecule is CC1(C)CCC=C(c2nc(-c3ccc(F)cc3)no2)O1. The van der Waals surface area contributed by atoms with Crippen LogP contribution in [-0.4, -0.2) is 15.7 Å². The van der Waals surface area contributed by atoms with Gasteiger partial charge in [0.15, 0.2) is 5.76 Å². The van der Waals surface area contributed by atoms with Gasteiger partial charge in [0, 0.05) is 5.56 Å². The Morgan fingerprint density at radius 3 is 2.65 bits per heavy atom. The first-order chi connectivity index (χ1) is 9.53. The van der Waals surface area contributed by atoms with Gasteiger partial charge < -0.3 is 9.26 Å². The highest BCUT2D eigenvalue weighted by Gasteiger charge is 2.27. The Balaban J connectivity index is 1.87. The highest BCUT2D eigenvalue weighted by atomic mass is 19.1. The third-order valence-corrected chi connectivity index (χ3v) is 3.20. The number of hydrogen-bond donors (Lipinski definition) is 0. The zero-order valence-electron chi connectivity index (χ0n) is 11.4. The van der Waals surface area contributed by atoms with Crippen LogP contribution < -0.4 is 0 Å². The summed E-state index contributed by atoms with van der Waals surface area (Å²) in [6.45, 7) is 4.05. The summed E-state index contributed by atoms with van der Waals surface area (Å²) in [5, 5.41) is 3.91. The van der Waals surface area contributed by atoms with Crippen molar-refractivity contribution in [2.24, 2.45) is 0 Å². The summed E-state index contributed by atoms with van der Waals surface area (Å²) in [4.78, 5) is 4.31. The van der Waals surface area contributed by atoms with Crippen LogP contribution in [0.4, 0.5) is 4.39 Å². The predicted molar refractivity (Wildman–Crippen MR) is 72.1 cm³/mol. The highest BCUT2D eigenvalue weighted by Crippen LogP contribution is 2.31. The standard InChI is InChI=1S/C15H15FN2O2/c1-15(2)9-3-4-12(19-15)14-17-13(18-20-14)10-5-7-11(16)8-6-10/h4-8H,3,9H2,1-2H3. The van der Waals surface area contributed by atoms with Crippen molar-refractivity contribution in [3.63, 3.8) is 0 Å². The maximum absolute atomic E-state index is 12.9. The minimum absolute atomic E-state index is 0.228. The van der Waals surface area contributed by atoms with E-state index in [0.29, 0.717) is 23.0 Å². The van der Waals surface area contributed by atoms with Crippen molar-refractivity contribution >= 4 is 5.76 Å². The number of allylic oxidation sites excluding steroid dienone is 1. The van der Waals surface area contributed by atoms with Crippen LogP contribution >= 0.6 is 0 Å². The molecule has 3 rings (SSSR count). The molecule has 0 bridgehead atoms. The topological polar surface area (TPSA) is 48.2 Å². The molecule has 1 aliphatic heterocycles. The van der Waals surface area contributed by atoms with Crippen LogP contribution in [0, 0.1) is 5.82 Å². The Kier molecular flexibility index (Phi) is 3.04. The lowest BCUT2D eigenvalue weighted by Crippen LogP contribution is -2.26. The molecule has 4 nitrogen and oxygen atoms in total. The van der Waals surface area contributed by atoms with Gasteiger partial charge in [0.1, 0.15) is 11.4 Å². The molecule has 1 aliphatic rings. The fraction of sp³-hybridized carbons (Fsp3) is 0.333. The van der Waals surface area contributed by atoms with Gasteiger partial charge in [-0.25, -0.2) is 4.39 Å². The normalized spacial score (nSPS) is 17.4. The predicted octanol–water partition coefficient (Wildman–Crippen LogP) is 3.81. The fourth-order valence-corrected chi connectivity index (χ4v) is 2.11. The molecule has 0 amide bonds. The van der Waals surface area contributed by atoms with Gasteiger partial charge in [0.2, 0.25) is 5.82 Å². The Labute approximate surface area is 116 Å². The van der Waals surface area contributed by atoms with E-state index in [1.165, 1.54) is 12.1 Å². The summed E-state index contributed by atoms with van der Waals surface area (Å²) in [6.07, 6.45) is 3.82. The van der Waals surface area contributed by atoms with Gasteiger partial charge in [-0.2, -0.15) is 4.98 Å². The molecule has 0 radical (unpaired) electrons. The second-order valence-corrected chi connectivity index (χ2v) is 5.40. The van der Waals surface area contributed by atoms with Crippen LogP contribution in [0.2, 0.25) is 0 Å². The molecule has 0 N–H and O–H groups in total. The summed E-state index contributed by atoms with van der Waals surface area (Å²) in [5.41, 5.74) is 0.478. The second kappa shape index (κ2) is 4.74. The van der Waals surface area contributed by atoms with E-state index in [1.807, 2.05) is 19.9 Å². The van der Waals surface area contributed by atoms with Crippen molar-refractivity contribution < 1.29 is 13.7 Å². The van der Waals surface area contributed by atoms with E-state index < -0.39 is 0 Å². The molecular weight excluding hydrogens is 259 g/mol. The molecule has 0 aliphatic carbocycles. The zero-order chi connectivity index (χ0) is 14.2. The van der Waals surface area contributed by atoms with E-state index in [1.54, 1.807) is 12.1 Å². The average molecular weight is 274 g/mol. The minimum atomic E-state index is -0.294. The molecular formula is C15H15FN2O2. The Hall–Kier alpha value is -2.17. The Morgan fingerprint density at radius 2 is 1.95 bits per heavy atom. The maximum Gasteiger partial charge on any atom is 0.292 e. The first-order valence-electron chi connectivity index (χ1n) is 6.53. The van der Waals surface area contributed by atoms with Crippen LogP contribution in [0.25, 0.3) is 17.1 Å². The first-order valence-corrected chi connectivity index (χ1v) is 6.53. The maximum atomic E-state index is 12.9. The van der Waals surface area contributed by atoms with Gasteiger partial charge >= 0.3 is 0 Å². The lowest BCUT2D eigenvalue weighted by Gasteiger charge is -2.29. The number of halogens is 1. The molecule has 0 unspecified atom stereocenters. The largest absolute Gasteiger partial charge is 0.482 e. The third kappa shape index (κ3) is 2.57. The summed E-state index contributed by atoms with van der Waals surface area (Å²) >= 11 is 0. The van der Waals surface area contributed by atoms with Crippen molar-refractivity contribution in [1.29, 1.82) is 0 Å². The Morgan fingerprint density at radius 1 is 1.20 bits per heavy atom. The quantitative estimate of drug-likeness (QED) is 0.835. The number of ether oxygens (including phenoxy) is 1. The van der Waals surface area contributed by atoms with E-state index in [2.05, 4.69) is 10.1 Å². The number of aromatic nitrogens is 2. The van der Waals surface area contributed by atoms with Gasteiger partial charge in [-0.3, -0.25) is 0 Å². The van der Waals surface area contributed by atoms with Crippen molar-refractivity contribution in [3.8, 4) is 11.4 Å². The first kappa shape index (κ1) is 12.8. The van der Waals surface area contributed by atoms with Gasteiger partial charge in [0.05, 0.1) is 0 Å². The highest BCUT2D eigenvalue weighted by molar-refractivity contribution is 5.58. The second-order valence-electron chi connectivity index (χ2n) is 5.40. The van der Waals surface area contributed by atoms with Gasteiger partial charge in [-0.15, -0.1) is 0 Å². The molecule has 20 heavy (non-hydrogen) atoms. The lowest BCUT2D eigenvalue weighted by molar-refractivity contribution is 0.0547. The van der Waals surface area contributed by atoms with Gasteiger partial charge in [-0.05, 0) is 57.0 Å². The third-order valence-electron chi connectivity index (χ3n) is 3.20. The van der Waals surface area contributed by atoms with E-state index in [4.69, 9.17) is 9.26 Å². The molecule has 0 saturated carbocycles. The summed E-state index contributed by atoms with van der Waals surface area (Å²) in [7, 11) is 0. The van der Waals surface area contributed by atoms with Gasteiger partial charge in [0.25, 0.3) is 5.89 Å². The van der Waals surface area contributed by atoms with Crippen LogP contribution in [0.1, 0.15) is 32.6 Å². The number of nitrogens with zero attached hydrogens (tertiary/aromatic N) is 2. The summed E-state index contributed by atoms with van der Waals surface area (Å²) < 4.78 is 24.0.